The van der Waals surface area contributed by atoms with E-state index in [0.29, 0.717) is 6.42 Å². The summed E-state index contributed by atoms with van der Waals surface area (Å²) in [6.07, 6.45) is 0.578. The lowest BCUT2D eigenvalue weighted by Crippen LogP contribution is -2.41. The van der Waals surface area contributed by atoms with Crippen LogP contribution in [0.2, 0.25) is 0 Å². The Morgan fingerprint density at radius 3 is 2.09 bits per heavy atom. The van der Waals surface area contributed by atoms with Crippen LogP contribution in [-0.2, 0) is 4.79 Å². The van der Waals surface area contributed by atoms with E-state index in [1.807, 2.05) is 0 Å². The average molecular weight is 163 g/mol. The van der Waals surface area contributed by atoms with Crippen LogP contribution in [0.1, 0.15) is 20.3 Å². The summed E-state index contributed by atoms with van der Waals surface area (Å²) >= 11 is 0. The third-order valence-electron chi connectivity index (χ3n) is 1.68. The van der Waals surface area contributed by atoms with E-state index in [0.717, 1.165) is 0 Å². The van der Waals surface area contributed by atoms with Crippen LogP contribution in [0.4, 0.5) is 0 Å². The predicted octanol–water partition coefficient (Wildman–Crippen LogP) is 0.566. The summed E-state index contributed by atoms with van der Waals surface area (Å²) in [6.45, 7) is 3.42. The SMILES string of the molecule is CC[C@H](C)[C@@H](C(=O)O)N(O)O. The molecule has 0 heterocycles. The van der Waals surface area contributed by atoms with Gasteiger partial charge in [0.25, 0.3) is 0 Å². The van der Waals surface area contributed by atoms with Gasteiger partial charge in [0.2, 0.25) is 0 Å². The first-order chi connectivity index (χ1) is 5.00. The molecule has 0 saturated heterocycles. The first kappa shape index (κ1) is 10.3. The fourth-order valence-electron chi connectivity index (χ4n) is 0.793. The van der Waals surface area contributed by atoms with Crippen molar-refractivity contribution in [3.63, 3.8) is 0 Å². The van der Waals surface area contributed by atoms with Gasteiger partial charge >= 0.3 is 5.97 Å². The third-order valence-corrected chi connectivity index (χ3v) is 1.68. The van der Waals surface area contributed by atoms with Crippen molar-refractivity contribution in [1.82, 2.24) is 5.23 Å². The summed E-state index contributed by atoms with van der Waals surface area (Å²) in [4.78, 5) is 10.4. The topological polar surface area (TPSA) is 81.0 Å². The third kappa shape index (κ3) is 2.83. The summed E-state index contributed by atoms with van der Waals surface area (Å²) in [5.74, 6) is -1.52. The lowest BCUT2D eigenvalue weighted by molar-refractivity contribution is -0.333. The minimum Gasteiger partial charge on any atom is -0.480 e. The Morgan fingerprint density at radius 1 is 1.55 bits per heavy atom. The maximum atomic E-state index is 10.4. The van der Waals surface area contributed by atoms with E-state index in [4.69, 9.17) is 15.5 Å². The second-order valence-electron chi connectivity index (χ2n) is 2.49. The zero-order valence-corrected chi connectivity index (χ0v) is 6.56. The Labute approximate surface area is 64.8 Å². The van der Waals surface area contributed by atoms with Crippen LogP contribution in [0.15, 0.2) is 0 Å². The lowest BCUT2D eigenvalue weighted by Gasteiger charge is -2.21. The zero-order chi connectivity index (χ0) is 9.02. The fourth-order valence-corrected chi connectivity index (χ4v) is 0.793. The van der Waals surface area contributed by atoms with Gasteiger partial charge in [-0.1, -0.05) is 25.5 Å². The Bertz CT molecular complexity index is 137. The van der Waals surface area contributed by atoms with E-state index in [1.165, 1.54) is 0 Å². The smallest absolute Gasteiger partial charge is 0.326 e. The highest BCUT2D eigenvalue weighted by molar-refractivity contribution is 5.73. The summed E-state index contributed by atoms with van der Waals surface area (Å²) in [6, 6.07) is -1.24. The molecule has 0 radical (unpaired) electrons. The molecule has 5 heteroatoms. The van der Waals surface area contributed by atoms with Gasteiger partial charge in [0.1, 0.15) is 0 Å². The molecule has 0 amide bonds. The second kappa shape index (κ2) is 4.27. The number of carbonyl (C=O) groups is 1. The molecule has 0 aromatic rings. The molecule has 2 atom stereocenters. The number of aliphatic carboxylic acids is 1. The van der Waals surface area contributed by atoms with Gasteiger partial charge in [-0.05, 0) is 5.92 Å². The summed E-state index contributed by atoms with van der Waals surface area (Å²) in [7, 11) is 0. The molecule has 0 aromatic heterocycles. The monoisotopic (exact) mass is 163 g/mol. The van der Waals surface area contributed by atoms with Gasteiger partial charge < -0.3 is 5.11 Å². The normalized spacial score (nSPS) is 16.5. The Morgan fingerprint density at radius 2 is 2.00 bits per heavy atom. The molecular weight excluding hydrogens is 150 g/mol. The summed E-state index contributed by atoms with van der Waals surface area (Å²) < 4.78 is 0. The first-order valence-corrected chi connectivity index (χ1v) is 3.40. The highest BCUT2D eigenvalue weighted by Gasteiger charge is 2.28. The van der Waals surface area contributed by atoms with Crippen molar-refractivity contribution in [1.29, 1.82) is 0 Å². The second-order valence-corrected chi connectivity index (χ2v) is 2.49. The molecule has 0 aliphatic rings. The van der Waals surface area contributed by atoms with E-state index >= 15 is 0 Å². The Balaban J connectivity index is 4.21. The van der Waals surface area contributed by atoms with E-state index in [-0.39, 0.29) is 11.1 Å². The molecule has 0 aliphatic heterocycles. The van der Waals surface area contributed by atoms with Gasteiger partial charge in [-0.25, -0.2) is 0 Å². The molecular formula is C6H13NO4. The van der Waals surface area contributed by atoms with Gasteiger partial charge in [-0.15, -0.1) is 0 Å². The van der Waals surface area contributed by atoms with Gasteiger partial charge in [-0.3, -0.25) is 15.2 Å². The van der Waals surface area contributed by atoms with Crippen molar-refractivity contribution >= 4 is 5.97 Å². The maximum Gasteiger partial charge on any atom is 0.326 e. The maximum absolute atomic E-state index is 10.4. The van der Waals surface area contributed by atoms with E-state index < -0.39 is 12.0 Å². The van der Waals surface area contributed by atoms with Crippen molar-refractivity contribution < 1.29 is 20.3 Å². The number of hydrogen-bond donors (Lipinski definition) is 3. The largest absolute Gasteiger partial charge is 0.480 e. The van der Waals surface area contributed by atoms with Crippen LogP contribution in [0.5, 0.6) is 0 Å². The van der Waals surface area contributed by atoms with Gasteiger partial charge in [-0.2, -0.15) is 0 Å². The molecule has 3 N–H and O–H groups in total. The Kier molecular flexibility index (Phi) is 4.02. The number of carboxylic acid groups (broad SMARTS) is 1. The number of carboxylic acids is 1. The van der Waals surface area contributed by atoms with Crippen LogP contribution in [0.25, 0.3) is 0 Å². The molecule has 0 aliphatic carbocycles. The highest BCUT2D eigenvalue weighted by Crippen LogP contribution is 2.11. The average Bonchev–Trinajstić information content (AvgIpc) is 1.85. The minimum atomic E-state index is -1.24. The number of nitrogens with zero attached hydrogens (tertiary/aromatic N) is 1. The molecule has 0 fully saturated rings. The van der Waals surface area contributed by atoms with Crippen molar-refractivity contribution in [3.8, 4) is 0 Å². The van der Waals surface area contributed by atoms with Crippen LogP contribution in [0.3, 0.4) is 0 Å². The zero-order valence-electron chi connectivity index (χ0n) is 6.56. The Hall–Kier alpha value is -0.650. The summed E-state index contributed by atoms with van der Waals surface area (Å²) in [5.41, 5.74) is 0. The van der Waals surface area contributed by atoms with E-state index in [2.05, 4.69) is 0 Å². The number of hydrogen-bond acceptors (Lipinski definition) is 4. The summed E-state index contributed by atoms with van der Waals surface area (Å²) in [5, 5.41) is 25.2. The predicted molar refractivity (Wildman–Crippen MR) is 36.3 cm³/mol. The van der Waals surface area contributed by atoms with Crippen molar-refractivity contribution in [2.24, 2.45) is 5.92 Å². The van der Waals surface area contributed by atoms with Crippen LogP contribution < -0.4 is 0 Å². The fraction of sp³-hybridized carbons (Fsp3) is 0.833. The van der Waals surface area contributed by atoms with Gasteiger partial charge in [0, 0.05) is 0 Å². The molecule has 0 unspecified atom stereocenters. The minimum absolute atomic E-state index is 0.253. The quantitative estimate of drug-likeness (QED) is 0.528. The van der Waals surface area contributed by atoms with E-state index in [9.17, 15) is 4.79 Å². The molecule has 0 saturated carbocycles. The van der Waals surface area contributed by atoms with Crippen molar-refractivity contribution in [2.45, 2.75) is 26.3 Å². The highest BCUT2D eigenvalue weighted by atomic mass is 16.8. The number of hydroxylamine groups is 2. The molecule has 0 aromatic carbocycles. The molecule has 0 spiro atoms. The van der Waals surface area contributed by atoms with Crippen LogP contribution in [0, 0.1) is 5.92 Å². The number of rotatable bonds is 4. The van der Waals surface area contributed by atoms with Gasteiger partial charge in [0.15, 0.2) is 6.04 Å². The standard InChI is InChI=1S/C6H13NO4/c1-3-4(2)5(6(8)9)7(10)11/h4-5,10-11H,3H2,1-2H3,(H,8,9)/t4-,5-/m0/s1. The molecule has 11 heavy (non-hydrogen) atoms. The van der Waals surface area contributed by atoms with Crippen LogP contribution in [-0.4, -0.2) is 32.8 Å². The van der Waals surface area contributed by atoms with Gasteiger partial charge in [0.05, 0.1) is 0 Å². The first-order valence-electron chi connectivity index (χ1n) is 3.40. The van der Waals surface area contributed by atoms with Crippen molar-refractivity contribution in [2.75, 3.05) is 0 Å². The molecule has 66 valence electrons. The van der Waals surface area contributed by atoms with Crippen molar-refractivity contribution in [3.05, 3.63) is 0 Å². The van der Waals surface area contributed by atoms with Crippen LogP contribution >= 0.6 is 0 Å². The molecule has 0 bridgehead atoms. The molecule has 0 rings (SSSR count). The van der Waals surface area contributed by atoms with E-state index in [1.54, 1.807) is 13.8 Å². The molecule has 5 nitrogen and oxygen atoms in total. The lowest BCUT2D eigenvalue weighted by atomic mass is 10.0.